The Labute approximate surface area is 184 Å². The summed E-state index contributed by atoms with van der Waals surface area (Å²) in [5, 5.41) is 0. The molecule has 31 heavy (non-hydrogen) atoms. The lowest BCUT2D eigenvalue weighted by molar-refractivity contribution is -0.119. The Kier molecular flexibility index (Phi) is 6.39. The van der Waals surface area contributed by atoms with Crippen LogP contribution in [0.1, 0.15) is 54.2 Å². The smallest absolute Gasteiger partial charge is 0.228 e. The second-order valence-electron chi connectivity index (χ2n) is 8.56. The minimum atomic E-state index is -3.24. The number of benzene rings is 1. The van der Waals surface area contributed by atoms with Crippen molar-refractivity contribution >= 4 is 21.7 Å². The molecule has 166 valence electrons. The van der Waals surface area contributed by atoms with E-state index in [-0.39, 0.29) is 11.8 Å². The van der Waals surface area contributed by atoms with E-state index < -0.39 is 10.0 Å². The van der Waals surface area contributed by atoms with Crippen LogP contribution >= 0.6 is 0 Å². The number of fused-ring (bicyclic) bond motifs is 1. The number of aromatic nitrogens is 2. The first-order chi connectivity index (χ1) is 14.8. The van der Waals surface area contributed by atoms with E-state index in [9.17, 15) is 13.2 Å². The molecule has 7 nitrogen and oxygen atoms in total. The normalized spacial score (nSPS) is 20.0. The summed E-state index contributed by atoms with van der Waals surface area (Å²) in [6, 6.07) is 10.3. The maximum atomic E-state index is 12.8. The molecular formula is C23H30N4O3S. The van der Waals surface area contributed by atoms with Crippen molar-refractivity contribution in [2.24, 2.45) is 0 Å². The summed E-state index contributed by atoms with van der Waals surface area (Å²) >= 11 is 0. The number of hydrogen-bond donors (Lipinski definition) is 0. The number of rotatable bonds is 6. The number of nitrogens with zero attached hydrogens (tertiary/aromatic N) is 4. The van der Waals surface area contributed by atoms with Gasteiger partial charge in [0.1, 0.15) is 11.6 Å². The molecule has 8 heteroatoms. The molecule has 2 aromatic rings. The Morgan fingerprint density at radius 1 is 1.13 bits per heavy atom. The summed E-state index contributed by atoms with van der Waals surface area (Å²) in [6.07, 6.45) is 5.80. The lowest BCUT2D eigenvalue weighted by Gasteiger charge is -2.33. The molecule has 0 spiro atoms. The Hall–Kier alpha value is -2.32. The van der Waals surface area contributed by atoms with Crippen molar-refractivity contribution in [1.29, 1.82) is 0 Å². The van der Waals surface area contributed by atoms with Gasteiger partial charge in [0.25, 0.3) is 0 Å². The summed E-state index contributed by atoms with van der Waals surface area (Å²) in [4.78, 5) is 24.2. The summed E-state index contributed by atoms with van der Waals surface area (Å²) in [5.41, 5.74) is 3.20. The van der Waals surface area contributed by atoms with Crippen molar-refractivity contribution in [3.05, 3.63) is 53.0 Å². The topological polar surface area (TPSA) is 83.5 Å². The van der Waals surface area contributed by atoms with Crippen LogP contribution < -0.4 is 4.90 Å². The molecule has 0 radical (unpaired) electrons. The first kappa shape index (κ1) is 21.9. The molecule has 0 unspecified atom stereocenters. The predicted molar refractivity (Wildman–Crippen MR) is 121 cm³/mol. The zero-order valence-electron chi connectivity index (χ0n) is 18.2. The van der Waals surface area contributed by atoms with E-state index in [4.69, 9.17) is 9.97 Å². The van der Waals surface area contributed by atoms with E-state index in [0.29, 0.717) is 38.3 Å². The minimum Gasteiger partial charge on any atom is -0.296 e. The van der Waals surface area contributed by atoms with Crippen LogP contribution in [0.2, 0.25) is 0 Å². The average Bonchev–Trinajstić information content (AvgIpc) is 2.75. The fraction of sp³-hybridized carbons (Fsp3) is 0.522. The van der Waals surface area contributed by atoms with Gasteiger partial charge in [-0.15, -0.1) is 0 Å². The second-order valence-corrected chi connectivity index (χ2v) is 10.5. The maximum Gasteiger partial charge on any atom is 0.228 e. The van der Waals surface area contributed by atoms with Gasteiger partial charge in [0.15, 0.2) is 0 Å². The van der Waals surface area contributed by atoms with Crippen molar-refractivity contribution in [1.82, 2.24) is 14.3 Å². The molecule has 2 aliphatic rings. The van der Waals surface area contributed by atoms with Gasteiger partial charge < -0.3 is 0 Å². The summed E-state index contributed by atoms with van der Waals surface area (Å²) in [7, 11) is -3.24. The highest BCUT2D eigenvalue weighted by Crippen LogP contribution is 2.32. The highest BCUT2D eigenvalue weighted by Gasteiger charge is 2.32. The van der Waals surface area contributed by atoms with Crippen molar-refractivity contribution in [2.45, 2.75) is 51.4 Å². The molecule has 0 bridgehead atoms. The summed E-state index contributed by atoms with van der Waals surface area (Å²) in [6.45, 7) is 3.54. The Bertz CT molecular complexity index is 1060. The molecule has 1 amide bonds. The largest absolute Gasteiger partial charge is 0.296 e. The van der Waals surface area contributed by atoms with Crippen LogP contribution in [0.15, 0.2) is 30.3 Å². The standard InChI is InChI=1S/C23H30N4O3S/c1-17-20-12-13-21(28)27(15-6-10-18-8-4-3-5-9-18)23(20)25-22(24-17)19-11-7-14-26(16-19)31(2,29)30/h3-5,8-9,19H,6-7,10-16H2,1-2H3/t19-/m0/s1. The zero-order chi connectivity index (χ0) is 22.0. The van der Waals surface area contributed by atoms with E-state index in [1.165, 1.54) is 16.1 Å². The third-order valence-corrected chi connectivity index (χ3v) is 7.53. The van der Waals surface area contributed by atoms with Crippen LogP contribution in [0.5, 0.6) is 0 Å². The Morgan fingerprint density at radius 2 is 1.90 bits per heavy atom. The highest BCUT2D eigenvalue weighted by molar-refractivity contribution is 7.88. The van der Waals surface area contributed by atoms with Crippen LogP contribution in [0.25, 0.3) is 0 Å². The molecule has 1 aromatic heterocycles. The van der Waals surface area contributed by atoms with Gasteiger partial charge in [-0.2, -0.15) is 0 Å². The molecule has 0 aliphatic carbocycles. The molecule has 0 saturated carbocycles. The van der Waals surface area contributed by atoms with E-state index >= 15 is 0 Å². The summed E-state index contributed by atoms with van der Waals surface area (Å²) in [5.74, 6) is 1.44. The number of carbonyl (C=O) groups excluding carboxylic acids is 1. The molecule has 2 aliphatic heterocycles. The van der Waals surface area contributed by atoms with E-state index in [1.807, 2.05) is 30.0 Å². The first-order valence-corrected chi connectivity index (χ1v) is 12.8. The lowest BCUT2D eigenvalue weighted by Crippen LogP contribution is -2.40. The van der Waals surface area contributed by atoms with Crippen LogP contribution in [0.3, 0.4) is 0 Å². The van der Waals surface area contributed by atoms with E-state index in [0.717, 1.165) is 42.8 Å². The van der Waals surface area contributed by atoms with Crippen molar-refractivity contribution in [3.63, 3.8) is 0 Å². The molecule has 4 rings (SSSR count). The van der Waals surface area contributed by atoms with Gasteiger partial charge >= 0.3 is 0 Å². The average molecular weight is 443 g/mol. The fourth-order valence-electron chi connectivity index (χ4n) is 4.56. The monoisotopic (exact) mass is 442 g/mol. The molecule has 1 saturated heterocycles. The van der Waals surface area contributed by atoms with Gasteiger partial charge in [-0.05, 0) is 44.6 Å². The van der Waals surface area contributed by atoms with Crippen molar-refractivity contribution < 1.29 is 13.2 Å². The van der Waals surface area contributed by atoms with E-state index in [2.05, 4.69) is 12.1 Å². The second kappa shape index (κ2) is 9.04. The van der Waals surface area contributed by atoms with E-state index in [1.54, 1.807) is 0 Å². The lowest BCUT2D eigenvalue weighted by atomic mass is 9.97. The number of hydrogen-bond acceptors (Lipinski definition) is 5. The Morgan fingerprint density at radius 3 is 2.65 bits per heavy atom. The summed E-state index contributed by atoms with van der Waals surface area (Å²) < 4.78 is 25.6. The van der Waals surface area contributed by atoms with Gasteiger partial charge in [0, 0.05) is 43.2 Å². The number of amides is 1. The van der Waals surface area contributed by atoms with Gasteiger partial charge in [-0.25, -0.2) is 22.7 Å². The zero-order valence-corrected chi connectivity index (χ0v) is 19.1. The van der Waals surface area contributed by atoms with Gasteiger partial charge in [0.2, 0.25) is 15.9 Å². The molecule has 0 N–H and O–H groups in total. The maximum absolute atomic E-state index is 12.8. The molecule has 1 aromatic carbocycles. The van der Waals surface area contributed by atoms with Gasteiger partial charge in [-0.1, -0.05) is 30.3 Å². The highest BCUT2D eigenvalue weighted by atomic mass is 32.2. The van der Waals surface area contributed by atoms with Crippen molar-refractivity contribution in [3.8, 4) is 0 Å². The molecule has 1 fully saturated rings. The number of sulfonamides is 1. The fourth-order valence-corrected chi connectivity index (χ4v) is 5.47. The van der Waals surface area contributed by atoms with Crippen LogP contribution in [0.4, 0.5) is 5.82 Å². The third kappa shape index (κ3) is 4.96. The van der Waals surface area contributed by atoms with Gasteiger partial charge in [-0.3, -0.25) is 9.69 Å². The first-order valence-electron chi connectivity index (χ1n) is 11.0. The van der Waals surface area contributed by atoms with Crippen molar-refractivity contribution in [2.75, 3.05) is 30.8 Å². The quantitative estimate of drug-likeness (QED) is 0.687. The van der Waals surface area contributed by atoms with Gasteiger partial charge in [0.05, 0.1) is 6.26 Å². The minimum absolute atomic E-state index is 0.0457. The molecule has 1 atom stereocenters. The number of piperidine rings is 1. The number of aryl methyl sites for hydroxylation is 2. The van der Waals surface area contributed by atoms with Crippen LogP contribution in [0, 0.1) is 6.92 Å². The molecule has 3 heterocycles. The number of anilines is 1. The SMILES string of the molecule is Cc1nc([C@H]2CCCN(S(C)(=O)=O)C2)nc2c1CCC(=O)N2CCCc1ccccc1. The predicted octanol–water partition coefficient (Wildman–Crippen LogP) is 2.84. The Balaban J connectivity index is 1.56. The third-order valence-electron chi connectivity index (χ3n) is 6.26. The van der Waals surface area contributed by atoms with Crippen LogP contribution in [-0.2, 0) is 27.7 Å². The molecular weight excluding hydrogens is 412 g/mol. The van der Waals surface area contributed by atoms with Crippen LogP contribution in [-0.4, -0.2) is 54.5 Å². The number of carbonyl (C=O) groups is 1.